The van der Waals surface area contributed by atoms with Crippen LogP contribution >= 0.6 is 23.2 Å². The lowest BCUT2D eigenvalue weighted by molar-refractivity contribution is -0.135. The summed E-state index contributed by atoms with van der Waals surface area (Å²) in [7, 11) is 0. The van der Waals surface area contributed by atoms with Crippen molar-refractivity contribution in [3.63, 3.8) is 0 Å². The Hall–Kier alpha value is -1.04. The van der Waals surface area contributed by atoms with E-state index in [9.17, 15) is 4.79 Å². The van der Waals surface area contributed by atoms with Crippen molar-refractivity contribution in [3.05, 3.63) is 21.4 Å². The minimum Gasteiger partial charge on any atom is -0.490 e. The summed E-state index contributed by atoms with van der Waals surface area (Å²) in [6, 6.07) is 0. The molecule has 1 saturated heterocycles. The summed E-state index contributed by atoms with van der Waals surface area (Å²) in [5, 5.41) is 0.786. The zero-order valence-electron chi connectivity index (χ0n) is 12.1. The summed E-state index contributed by atoms with van der Waals surface area (Å²) in [5.74, 6) is 0.450. The van der Waals surface area contributed by atoms with Crippen molar-refractivity contribution in [2.24, 2.45) is 0 Å². The Morgan fingerprint density at radius 3 is 2.38 bits per heavy atom. The Kier molecular flexibility index (Phi) is 5.67. The van der Waals surface area contributed by atoms with E-state index < -0.39 is 0 Å². The van der Waals surface area contributed by atoms with Crippen LogP contribution in [0.25, 0.3) is 0 Å². The van der Waals surface area contributed by atoms with Gasteiger partial charge in [-0.3, -0.25) is 9.78 Å². The van der Waals surface area contributed by atoms with E-state index in [0.717, 1.165) is 0 Å². The first-order valence-electron chi connectivity index (χ1n) is 6.81. The van der Waals surface area contributed by atoms with Gasteiger partial charge in [0.15, 0.2) is 5.75 Å². The zero-order valence-corrected chi connectivity index (χ0v) is 13.6. The van der Waals surface area contributed by atoms with Gasteiger partial charge in [-0.15, -0.1) is 0 Å². The van der Waals surface area contributed by atoms with Crippen LogP contribution in [0.2, 0.25) is 10.0 Å². The molecule has 0 radical (unpaired) electrons. The number of aryl methyl sites for hydroxylation is 2. The molecule has 0 aliphatic carbocycles. The van der Waals surface area contributed by atoms with Crippen LogP contribution < -0.4 is 4.74 Å². The lowest BCUT2D eigenvalue weighted by Crippen LogP contribution is -2.41. The highest BCUT2D eigenvalue weighted by molar-refractivity contribution is 6.37. The molecule has 0 bridgehead atoms. The highest BCUT2D eigenvalue weighted by atomic mass is 35.5. The normalized spacial score (nSPS) is 15.1. The van der Waals surface area contributed by atoms with Gasteiger partial charge in [0.1, 0.15) is 10.0 Å². The monoisotopic (exact) mass is 332 g/mol. The van der Waals surface area contributed by atoms with E-state index >= 15 is 0 Å². The third-order valence-corrected chi connectivity index (χ3v) is 4.19. The van der Waals surface area contributed by atoms with E-state index in [1.807, 2.05) is 0 Å². The molecule has 0 aromatic carbocycles. The summed E-state index contributed by atoms with van der Waals surface area (Å²) in [4.78, 5) is 18.0. The molecule has 1 amide bonds. The van der Waals surface area contributed by atoms with Crippen LogP contribution in [-0.2, 0) is 9.53 Å². The second-order valence-corrected chi connectivity index (χ2v) is 5.59. The summed E-state index contributed by atoms with van der Waals surface area (Å²) in [6.45, 7) is 6.26. The number of amides is 1. The van der Waals surface area contributed by atoms with Crippen LogP contribution in [0.4, 0.5) is 0 Å². The molecule has 116 valence electrons. The number of carbonyl (C=O) groups excluding carboxylic acids is 1. The SMILES string of the molecule is Cc1nc(C)c(Cl)c(OCCC(=O)N2CCOCC2)c1Cl. The third-order valence-electron chi connectivity index (χ3n) is 3.30. The quantitative estimate of drug-likeness (QED) is 0.850. The molecular formula is C14H18Cl2N2O3. The third kappa shape index (κ3) is 3.99. The van der Waals surface area contributed by atoms with Crippen molar-refractivity contribution < 1.29 is 14.3 Å². The van der Waals surface area contributed by atoms with Crippen LogP contribution in [-0.4, -0.2) is 48.7 Å². The average molecular weight is 333 g/mol. The molecule has 21 heavy (non-hydrogen) atoms. The minimum absolute atomic E-state index is 0.0491. The van der Waals surface area contributed by atoms with Gasteiger partial charge in [-0.05, 0) is 13.8 Å². The maximum atomic E-state index is 12.0. The standard InChI is InChI=1S/C14H18Cl2N2O3/c1-9-12(15)14(13(16)10(2)17-9)21-6-3-11(19)18-4-7-20-8-5-18/h3-8H2,1-2H3. The summed E-state index contributed by atoms with van der Waals surface area (Å²) < 4.78 is 10.8. The second-order valence-electron chi connectivity index (χ2n) is 4.83. The Balaban J connectivity index is 1.93. The molecule has 7 heteroatoms. The number of halogens is 2. The molecule has 1 aliphatic rings. The maximum Gasteiger partial charge on any atom is 0.226 e. The van der Waals surface area contributed by atoms with Crippen molar-refractivity contribution in [2.45, 2.75) is 20.3 Å². The van der Waals surface area contributed by atoms with Crippen molar-refractivity contribution in [1.29, 1.82) is 0 Å². The van der Waals surface area contributed by atoms with Gasteiger partial charge in [0.2, 0.25) is 5.91 Å². The summed E-state index contributed by atoms with van der Waals surface area (Å²) in [6.07, 6.45) is 0.285. The Morgan fingerprint density at radius 1 is 1.24 bits per heavy atom. The van der Waals surface area contributed by atoms with Gasteiger partial charge in [0.25, 0.3) is 0 Å². The molecule has 0 unspecified atom stereocenters. The Morgan fingerprint density at radius 2 is 1.81 bits per heavy atom. The van der Waals surface area contributed by atoms with Gasteiger partial charge < -0.3 is 14.4 Å². The van der Waals surface area contributed by atoms with Crippen molar-refractivity contribution in [2.75, 3.05) is 32.9 Å². The van der Waals surface area contributed by atoms with Gasteiger partial charge in [0, 0.05) is 13.1 Å². The fourth-order valence-electron chi connectivity index (χ4n) is 2.11. The zero-order chi connectivity index (χ0) is 15.4. The fraction of sp³-hybridized carbons (Fsp3) is 0.571. The molecule has 0 saturated carbocycles. The van der Waals surface area contributed by atoms with Gasteiger partial charge in [0.05, 0.1) is 37.6 Å². The Bertz CT molecular complexity index is 505. The van der Waals surface area contributed by atoms with Gasteiger partial charge in [-0.25, -0.2) is 0 Å². The number of pyridine rings is 1. The smallest absolute Gasteiger partial charge is 0.226 e. The van der Waals surface area contributed by atoms with Crippen molar-refractivity contribution in [1.82, 2.24) is 9.88 Å². The number of carbonyl (C=O) groups is 1. The minimum atomic E-state index is 0.0491. The van der Waals surface area contributed by atoms with E-state index in [2.05, 4.69) is 4.98 Å². The molecule has 0 spiro atoms. The fourth-order valence-corrected chi connectivity index (χ4v) is 2.54. The predicted molar refractivity (Wildman–Crippen MR) is 81.2 cm³/mol. The molecule has 2 rings (SSSR count). The van der Waals surface area contributed by atoms with Crippen LogP contribution in [0.15, 0.2) is 0 Å². The van der Waals surface area contributed by atoms with Gasteiger partial charge in [-0.2, -0.15) is 0 Å². The number of morpholine rings is 1. The van der Waals surface area contributed by atoms with Gasteiger partial charge in [-0.1, -0.05) is 23.2 Å². The summed E-state index contributed by atoms with van der Waals surface area (Å²) in [5.41, 5.74) is 1.32. The maximum absolute atomic E-state index is 12.0. The molecule has 1 aromatic heterocycles. The first-order chi connectivity index (χ1) is 10.0. The molecule has 0 atom stereocenters. The van der Waals surface area contributed by atoms with Crippen LogP contribution in [0.5, 0.6) is 5.75 Å². The first kappa shape index (κ1) is 16.3. The number of hydrogen-bond donors (Lipinski definition) is 0. The van der Waals surface area contributed by atoms with E-state index in [4.69, 9.17) is 32.7 Å². The van der Waals surface area contributed by atoms with E-state index in [1.165, 1.54) is 0 Å². The first-order valence-corrected chi connectivity index (χ1v) is 7.56. The molecule has 5 nitrogen and oxygen atoms in total. The number of aromatic nitrogens is 1. The number of rotatable bonds is 4. The highest BCUT2D eigenvalue weighted by Gasteiger charge is 2.18. The predicted octanol–water partition coefficient (Wildman–Crippen LogP) is 2.63. The van der Waals surface area contributed by atoms with Crippen molar-refractivity contribution >= 4 is 29.1 Å². The molecule has 0 N–H and O–H groups in total. The number of nitrogens with zero attached hydrogens (tertiary/aromatic N) is 2. The number of hydrogen-bond acceptors (Lipinski definition) is 4. The van der Waals surface area contributed by atoms with E-state index in [1.54, 1.807) is 18.7 Å². The molecule has 1 aromatic rings. The van der Waals surface area contributed by atoms with E-state index in [0.29, 0.717) is 53.5 Å². The Labute approximate surface area is 134 Å². The molecule has 1 fully saturated rings. The average Bonchev–Trinajstić information content (AvgIpc) is 2.49. The molecule has 1 aliphatic heterocycles. The van der Waals surface area contributed by atoms with Crippen LogP contribution in [0.3, 0.4) is 0 Å². The second kappa shape index (κ2) is 7.29. The summed E-state index contributed by atoms with van der Waals surface area (Å²) >= 11 is 12.3. The lowest BCUT2D eigenvalue weighted by atomic mass is 10.3. The molecule has 2 heterocycles. The largest absolute Gasteiger partial charge is 0.490 e. The topological polar surface area (TPSA) is 51.7 Å². The number of ether oxygens (including phenoxy) is 2. The molecular weight excluding hydrogens is 315 g/mol. The van der Waals surface area contributed by atoms with Crippen LogP contribution in [0, 0.1) is 13.8 Å². The van der Waals surface area contributed by atoms with Gasteiger partial charge >= 0.3 is 0 Å². The van der Waals surface area contributed by atoms with Crippen LogP contribution in [0.1, 0.15) is 17.8 Å². The lowest BCUT2D eigenvalue weighted by Gasteiger charge is -2.26. The highest BCUT2D eigenvalue weighted by Crippen LogP contribution is 2.36. The van der Waals surface area contributed by atoms with E-state index in [-0.39, 0.29) is 18.9 Å². The van der Waals surface area contributed by atoms with Crippen molar-refractivity contribution in [3.8, 4) is 5.75 Å².